The van der Waals surface area contributed by atoms with Crippen molar-refractivity contribution < 1.29 is 9.84 Å². The predicted molar refractivity (Wildman–Crippen MR) is 128 cm³/mol. The number of hydrogen-bond donors (Lipinski definition) is 2. The smallest absolute Gasteiger partial charge is 0.119 e. The summed E-state index contributed by atoms with van der Waals surface area (Å²) in [7, 11) is 0. The molecule has 4 heteroatoms. The Hall–Kier alpha value is -2.85. The number of unbranched alkanes of at least 4 members (excludes halogenated alkanes) is 1. The molecule has 0 unspecified atom stereocenters. The maximum absolute atomic E-state index is 9.31. The molecule has 0 radical (unpaired) electrons. The average molecular weight is 420 g/mol. The van der Waals surface area contributed by atoms with Crippen LogP contribution in [0.5, 0.6) is 5.75 Å². The molecule has 30 heavy (non-hydrogen) atoms. The highest BCUT2D eigenvalue weighted by Crippen LogP contribution is 2.30. The first-order chi connectivity index (χ1) is 14.7. The molecule has 0 aromatic heterocycles. The van der Waals surface area contributed by atoms with Crippen LogP contribution >= 0.6 is 11.8 Å². The summed E-state index contributed by atoms with van der Waals surface area (Å²) >= 11 is 1.77. The van der Waals surface area contributed by atoms with Gasteiger partial charge in [-0.3, -0.25) is 0 Å². The Morgan fingerprint density at radius 3 is 2.37 bits per heavy atom. The first-order valence-electron chi connectivity index (χ1n) is 10.3. The van der Waals surface area contributed by atoms with E-state index in [0.29, 0.717) is 6.54 Å². The van der Waals surface area contributed by atoms with Gasteiger partial charge in [0.1, 0.15) is 11.5 Å². The molecule has 0 heterocycles. The zero-order valence-corrected chi connectivity index (χ0v) is 18.0. The van der Waals surface area contributed by atoms with Crippen LogP contribution in [0.25, 0.3) is 0 Å². The molecule has 0 aliphatic rings. The first-order valence-corrected chi connectivity index (χ1v) is 11.3. The van der Waals surface area contributed by atoms with Gasteiger partial charge in [-0.15, -0.1) is 11.8 Å². The summed E-state index contributed by atoms with van der Waals surface area (Å²) in [4.78, 5) is 1.15. The SMILES string of the molecule is C=C(O)CNc1ccccc1SCc1ccc(OCCCCc2ccccc2)cc1. The highest BCUT2D eigenvalue weighted by molar-refractivity contribution is 7.98. The van der Waals surface area contributed by atoms with E-state index < -0.39 is 0 Å². The number of ether oxygens (including phenoxy) is 1. The van der Waals surface area contributed by atoms with Gasteiger partial charge in [0.15, 0.2) is 0 Å². The molecule has 0 atom stereocenters. The van der Waals surface area contributed by atoms with Crippen molar-refractivity contribution in [2.24, 2.45) is 0 Å². The van der Waals surface area contributed by atoms with Crippen LogP contribution in [0.1, 0.15) is 24.0 Å². The number of aryl methyl sites for hydroxylation is 1. The van der Waals surface area contributed by atoms with E-state index in [1.54, 1.807) is 11.8 Å². The van der Waals surface area contributed by atoms with Gasteiger partial charge >= 0.3 is 0 Å². The number of benzene rings is 3. The Morgan fingerprint density at radius 1 is 0.867 bits per heavy atom. The molecule has 3 aromatic carbocycles. The van der Waals surface area contributed by atoms with Crippen LogP contribution in [-0.4, -0.2) is 18.3 Å². The van der Waals surface area contributed by atoms with Gasteiger partial charge < -0.3 is 15.2 Å². The molecule has 3 rings (SSSR count). The lowest BCUT2D eigenvalue weighted by molar-refractivity contribution is 0.307. The van der Waals surface area contributed by atoms with Crippen molar-refractivity contribution >= 4 is 17.4 Å². The van der Waals surface area contributed by atoms with Gasteiger partial charge in [-0.2, -0.15) is 0 Å². The van der Waals surface area contributed by atoms with Crippen LogP contribution in [0.15, 0.2) is 96.1 Å². The van der Waals surface area contributed by atoms with Crippen molar-refractivity contribution in [1.82, 2.24) is 0 Å². The van der Waals surface area contributed by atoms with Crippen molar-refractivity contribution in [1.29, 1.82) is 0 Å². The Labute approximate surface area is 183 Å². The van der Waals surface area contributed by atoms with E-state index in [4.69, 9.17) is 4.74 Å². The molecule has 0 saturated heterocycles. The highest BCUT2D eigenvalue weighted by atomic mass is 32.2. The molecule has 0 aliphatic heterocycles. The average Bonchev–Trinajstić information content (AvgIpc) is 2.78. The molecule has 0 bridgehead atoms. The molecular weight excluding hydrogens is 390 g/mol. The summed E-state index contributed by atoms with van der Waals surface area (Å²) < 4.78 is 5.89. The Bertz CT molecular complexity index is 910. The molecule has 156 valence electrons. The van der Waals surface area contributed by atoms with Crippen LogP contribution < -0.4 is 10.1 Å². The van der Waals surface area contributed by atoms with Crippen LogP contribution in [0.4, 0.5) is 5.69 Å². The van der Waals surface area contributed by atoms with Crippen LogP contribution in [0.3, 0.4) is 0 Å². The third-order valence-electron chi connectivity index (χ3n) is 4.66. The largest absolute Gasteiger partial charge is 0.511 e. The van der Waals surface area contributed by atoms with Gasteiger partial charge in [0, 0.05) is 16.3 Å². The fourth-order valence-corrected chi connectivity index (χ4v) is 4.03. The van der Waals surface area contributed by atoms with Crippen molar-refractivity contribution in [3.05, 3.63) is 102 Å². The summed E-state index contributed by atoms with van der Waals surface area (Å²) in [5, 5.41) is 12.5. The van der Waals surface area contributed by atoms with E-state index in [-0.39, 0.29) is 5.76 Å². The van der Waals surface area contributed by atoms with E-state index in [2.05, 4.69) is 60.4 Å². The number of nitrogens with one attached hydrogen (secondary N) is 1. The van der Waals surface area contributed by atoms with E-state index in [0.717, 1.165) is 48.0 Å². The van der Waals surface area contributed by atoms with Gasteiger partial charge in [-0.05, 0) is 54.7 Å². The number of aliphatic hydroxyl groups is 1. The summed E-state index contributed by atoms with van der Waals surface area (Å²) in [6, 6.07) is 27.0. The monoisotopic (exact) mass is 419 g/mol. The molecule has 0 spiro atoms. The number of hydrogen-bond acceptors (Lipinski definition) is 4. The van der Waals surface area contributed by atoms with Crippen molar-refractivity contribution in [2.45, 2.75) is 29.9 Å². The minimum absolute atomic E-state index is 0.130. The van der Waals surface area contributed by atoms with Gasteiger partial charge in [-0.1, -0.05) is 61.2 Å². The third kappa shape index (κ3) is 7.53. The van der Waals surface area contributed by atoms with Gasteiger partial charge in [0.25, 0.3) is 0 Å². The summed E-state index contributed by atoms with van der Waals surface area (Å²) in [5.74, 6) is 1.92. The van der Waals surface area contributed by atoms with Crippen LogP contribution in [0.2, 0.25) is 0 Å². The molecule has 0 saturated carbocycles. The lowest BCUT2D eigenvalue weighted by Crippen LogP contribution is -2.04. The van der Waals surface area contributed by atoms with E-state index in [1.807, 2.05) is 30.3 Å². The second-order valence-electron chi connectivity index (χ2n) is 7.14. The Balaban J connectivity index is 1.40. The van der Waals surface area contributed by atoms with Gasteiger partial charge in [0.2, 0.25) is 0 Å². The molecule has 0 fully saturated rings. The minimum atomic E-state index is 0.130. The molecule has 0 aliphatic carbocycles. The van der Waals surface area contributed by atoms with Gasteiger partial charge in [-0.25, -0.2) is 0 Å². The predicted octanol–water partition coefficient (Wildman–Crippen LogP) is 6.86. The van der Waals surface area contributed by atoms with E-state index in [1.165, 1.54) is 11.1 Å². The summed E-state index contributed by atoms with van der Waals surface area (Å²) in [5.41, 5.74) is 3.64. The zero-order valence-electron chi connectivity index (χ0n) is 17.2. The number of thioether (sulfide) groups is 1. The Kier molecular flexibility index (Phi) is 8.73. The van der Waals surface area contributed by atoms with E-state index in [9.17, 15) is 5.11 Å². The van der Waals surface area contributed by atoms with Crippen molar-refractivity contribution in [2.75, 3.05) is 18.5 Å². The first kappa shape index (κ1) is 21.8. The highest BCUT2D eigenvalue weighted by Gasteiger charge is 2.04. The summed E-state index contributed by atoms with van der Waals surface area (Å²) in [6.45, 7) is 4.62. The normalized spacial score (nSPS) is 10.5. The minimum Gasteiger partial charge on any atom is -0.511 e. The lowest BCUT2D eigenvalue weighted by Gasteiger charge is -2.11. The fraction of sp³-hybridized carbons (Fsp3) is 0.231. The summed E-state index contributed by atoms with van der Waals surface area (Å²) in [6.07, 6.45) is 3.29. The number of rotatable bonds is 12. The second kappa shape index (κ2) is 12.0. The molecule has 3 nitrogen and oxygen atoms in total. The third-order valence-corrected chi connectivity index (χ3v) is 5.80. The van der Waals surface area contributed by atoms with Crippen LogP contribution in [-0.2, 0) is 12.2 Å². The molecule has 3 aromatic rings. The molecule has 0 amide bonds. The number of aliphatic hydroxyl groups excluding tert-OH is 1. The van der Waals surface area contributed by atoms with Crippen LogP contribution in [0, 0.1) is 0 Å². The lowest BCUT2D eigenvalue weighted by atomic mass is 10.1. The topological polar surface area (TPSA) is 41.5 Å². The molecule has 2 N–H and O–H groups in total. The zero-order chi connectivity index (χ0) is 21.0. The maximum atomic E-state index is 9.31. The van der Waals surface area contributed by atoms with Crippen molar-refractivity contribution in [3.63, 3.8) is 0 Å². The second-order valence-corrected chi connectivity index (χ2v) is 8.16. The fourth-order valence-electron chi connectivity index (χ4n) is 3.04. The van der Waals surface area contributed by atoms with E-state index >= 15 is 0 Å². The van der Waals surface area contributed by atoms with Crippen molar-refractivity contribution in [3.8, 4) is 5.75 Å². The number of anilines is 1. The quantitative estimate of drug-likeness (QED) is 0.191. The maximum Gasteiger partial charge on any atom is 0.119 e. The standard InChI is InChI=1S/C26H29NO2S/c1-21(28)19-27-25-12-5-6-13-26(25)30-20-23-14-16-24(17-15-23)29-18-8-7-11-22-9-3-2-4-10-22/h2-6,9-10,12-17,27-28H,1,7-8,11,18-20H2. The molecular formula is C26H29NO2S. The Morgan fingerprint density at radius 2 is 1.60 bits per heavy atom. The number of para-hydroxylation sites is 1. The van der Waals surface area contributed by atoms with Gasteiger partial charge in [0.05, 0.1) is 13.2 Å².